The second-order valence-electron chi connectivity index (χ2n) is 5.73. The van der Waals surface area contributed by atoms with Crippen molar-refractivity contribution >= 4 is 23.4 Å². The van der Waals surface area contributed by atoms with Crippen molar-refractivity contribution in [3.8, 4) is 0 Å². The number of anilines is 1. The van der Waals surface area contributed by atoms with E-state index in [-0.39, 0.29) is 17.8 Å². The number of thioether (sulfide) groups is 1. The van der Waals surface area contributed by atoms with E-state index in [1.165, 1.54) is 11.3 Å². The number of carbonyl (C=O) groups excluding carboxylic acids is 1. The Morgan fingerprint density at radius 1 is 1.48 bits per heavy atom. The maximum Gasteiger partial charge on any atom is 0.233 e. The summed E-state index contributed by atoms with van der Waals surface area (Å²) < 4.78 is 0. The van der Waals surface area contributed by atoms with Gasteiger partial charge in [-0.3, -0.25) is 4.79 Å². The first-order valence-corrected chi connectivity index (χ1v) is 8.43. The molecule has 2 rings (SSSR count). The van der Waals surface area contributed by atoms with Gasteiger partial charge in [0.1, 0.15) is 0 Å². The fraction of sp³-hybridized carbons (Fsp3) is 0.562. The molecule has 2 unspecified atom stereocenters. The number of aliphatic hydroxyl groups excluding tert-OH is 1. The van der Waals surface area contributed by atoms with Crippen LogP contribution in [0.5, 0.6) is 0 Å². The summed E-state index contributed by atoms with van der Waals surface area (Å²) in [5, 5.41) is 15.3. The van der Waals surface area contributed by atoms with Gasteiger partial charge in [0.25, 0.3) is 0 Å². The van der Waals surface area contributed by atoms with Crippen LogP contribution in [0.4, 0.5) is 5.69 Å². The van der Waals surface area contributed by atoms with Gasteiger partial charge in [-0.2, -0.15) is 0 Å². The highest BCUT2D eigenvalue weighted by Crippen LogP contribution is 2.42. The largest absolute Gasteiger partial charge is 0.395 e. The Balaban J connectivity index is 2.03. The summed E-state index contributed by atoms with van der Waals surface area (Å²) in [6.45, 7) is 5.44. The number of aliphatic hydroxyl groups is 1. The molecular formula is C16H24N2O2S. The monoisotopic (exact) mass is 308 g/mol. The Morgan fingerprint density at radius 3 is 2.95 bits per heavy atom. The summed E-state index contributed by atoms with van der Waals surface area (Å²) >= 11 is 1.73. The van der Waals surface area contributed by atoms with Crippen molar-refractivity contribution < 1.29 is 9.90 Å². The molecule has 1 heterocycles. The molecule has 1 aromatic rings. The maximum absolute atomic E-state index is 12.3. The Kier molecular flexibility index (Phi) is 5.94. The predicted octanol–water partition coefficient (Wildman–Crippen LogP) is 2.41. The van der Waals surface area contributed by atoms with E-state index in [0.29, 0.717) is 17.7 Å². The zero-order chi connectivity index (χ0) is 15.2. The molecule has 0 aromatic heterocycles. The molecule has 0 aliphatic carbocycles. The van der Waals surface area contributed by atoms with Crippen LogP contribution >= 0.6 is 11.8 Å². The van der Waals surface area contributed by atoms with Crippen LogP contribution in [0.25, 0.3) is 0 Å². The molecule has 0 bridgehead atoms. The number of carbonyl (C=O) groups is 1. The van der Waals surface area contributed by atoms with E-state index in [0.717, 1.165) is 13.0 Å². The highest BCUT2D eigenvalue weighted by atomic mass is 32.2. The number of hydrogen-bond acceptors (Lipinski definition) is 4. The van der Waals surface area contributed by atoms with Crippen molar-refractivity contribution in [1.82, 2.24) is 5.32 Å². The first kappa shape index (κ1) is 16.2. The topological polar surface area (TPSA) is 61.4 Å². The van der Waals surface area contributed by atoms with E-state index in [1.807, 2.05) is 12.1 Å². The third kappa shape index (κ3) is 4.38. The average molecular weight is 308 g/mol. The summed E-state index contributed by atoms with van der Waals surface area (Å²) in [7, 11) is 0. The van der Waals surface area contributed by atoms with E-state index >= 15 is 0 Å². The van der Waals surface area contributed by atoms with Crippen LogP contribution in [-0.2, 0) is 4.79 Å². The number of para-hydroxylation sites is 1. The average Bonchev–Trinajstić information content (AvgIpc) is 2.87. The van der Waals surface area contributed by atoms with Crippen LogP contribution in [-0.4, -0.2) is 36.0 Å². The second-order valence-corrected chi connectivity index (χ2v) is 7.14. The minimum Gasteiger partial charge on any atom is -0.395 e. The van der Waals surface area contributed by atoms with Crippen LogP contribution in [0, 0.1) is 5.92 Å². The standard InChI is InChI=1S/C16H24N2O2S/c1-11(2)9-14(16(20)17-7-8-19)21-15-10-18-13-6-4-3-5-12(13)15/h3-6,11,14-15,18-19H,7-10H2,1-2H3,(H,17,20). The quantitative estimate of drug-likeness (QED) is 0.724. The molecule has 4 nitrogen and oxygen atoms in total. The molecular weight excluding hydrogens is 284 g/mol. The molecule has 0 spiro atoms. The number of hydrogen-bond donors (Lipinski definition) is 3. The molecule has 116 valence electrons. The van der Waals surface area contributed by atoms with Gasteiger partial charge in [0.15, 0.2) is 0 Å². The normalized spacial score (nSPS) is 18.2. The summed E-state index contributed by atoms with van der Waals surface area (Å²) in [5.74, 6) is 0.499. The smallest absolute Gasteiger partial charge is 0.233 e. The maximum atomic E-state index is 12.3. The SMILES string of the molecule is CC(C)CC(SC1CNc2ccccc21)C(=O)NCCO. The number of amides is 1. The predicted molar refractivity (Wildman–Crippen MR) is 88.6 cm³/mol. The zero-order valence-corrected chi connectivity index (χ0v) is 13.5. The lowest BCUT2D eigenvalue weighted by atomic mass is 10.1. The molecule has 1 amide bonds. The molecule has 0 fully saturated rings. The van der Waals surface area contributed by atoms with Crippen molar-refractivity contribution in [2.24, 2.45) is 5.92 Å². The van der Waals surface area contributed by atoms with Gasteiger partial charge >= 0.3 is 0 Å². The third-order valence-corrected chi connectivity index (χ3v) is 4.99. The van der Waals surface area contributed by atoms with Crippen LogP contribution < -0.4 is 10.6 Å². The van der Waals surface area contributed by atoms with Crippen molar-refractivity contribution in [3.05, 3.63) is 29.8 Å². The van der Waals surface area contributed by atoms with Gasteiger partial charge in [0.2, 0.25) is 5.91 Å². The first-order valence-electron chi connectivity index (χ1n) is 7.48. The van der Waals surface area contributed by atoms with E-state index < -0.39 is 0 Å². The molecule has 1 aromatic carbocycles. The van der Waals surface area contributed by atoms with Gasteiger partial charge in [-0.15, -0.1) is 11.8 Å². The molecule has 21 heavy (non-hydrogen) atoms. The molecule has 5 heteroatoms. The Morgan fingerprint density at radius 2 is 2.24 bits per heavy atom. The van der Waals surface area contributed by atoms with E-state index in [2.05, 4.69) is 36.6 Å². The van der Waals surface area contributed by atoms with Gasteiger partial charge in [-0.1, -0.05) is 32.0 Å². The molecule has 1 aliphatic heterocycles. The van der Waals surface area contributed by atoms with E-state index in [4.69, 9.17) is 5.11 Å². The van der Waals surface area contributed by atoms with Crippen molar-refractivity contribution in [2.45, 2.75) is 30.8 Å². The Hall–Kier alpha value is -1.20. The minimum atomic E-state index is -0.0745. The number of benzene rings is 1. The van der Waals surface area contributed by atoms with E-state index in [1.54, 1.807) is 11.8 Å². The van der Waals surface area contributed by atoms with Gasteiger partial charge in [0, 0.05) is 24.0 Å². The molecule has 0 saturated carbocycles. The van der Waals surface area contributed by atoms with Crippen LogP contribution in [0.3, 0.4) is 0 Å². The zero-order valence-electron chi connectivity index (χ0n) is 12.6. The fourth-order valence-corrected chi connectivity index (χ4v) is 4.15. The first-order chi connectivity index (χ1) is 10.1. The number of rotatable bonds is 7. The molecule has 2 atom stereocenters. The summed E-state index contributed by atoms with van der Waals surface area (Å²) in [5.41, 5.74) is 2.46. The van der Waals surface area contributed by atoms with Crippen molar-refractivity contribution in [2.75, 3.05) is 25.0 Å². The van der Waals surface area contributed by atoms with Gasteiger partial charge < -0.3 is 15.7 Å². The molecule has 0 radical (unpaired) electrons. The highest BCUT2D eigenvalue weighted by molar-refractivity contribution is 8.00. The van der Waals surface area contributed by atoms with Crippen molar-refractivity contribution in [3.63, 3.8) is 0 Å². The highest BCUT2D eigenvalue weighted by Gasteiger charge is 2.29. The second kappa shape index (κ2) is 7.71. The van der Waals surface area contributed by atoms with Crippen LogP contribution in [0.1, 0.15) is 31.1 Å². The van der Waals surface area contributed by atoms with Gasteiger partial charge in [0.05, 0.1) is 11.9 Å². The Bertz CT molecular complexity index is 479. The summed E-state index contributed by atoms with van der Waals surface area (Å²) in [4.78, 5) is 12.3. The molecule has 3 N–H and O–H groups in total. The summed E-state index contributed by atoms with van der Waals surface area (Å²) in [6.07, 6.45) is 0.848. The van der Waals surface area contributed by atoms with Gasteiger partial charge in [-0.25, -0.2) is 0 Å². The van der Waals surface area contributed by atoms with Crippen LogP contribution in [0.2, 0.25) is 0 Å². The fourth-order valence-electron chi connectivity index (χ4n) is 2.52. The van der Waals surface area contributed by atoms with E-state index in [9.17, 15) is 4.79 Å². The lowest BCUT2D eigenvalue weighted by molar-refractivity contribution is -0.121. The lowest BCUT2D eigenvalue weighted by Gasteiger charge is -2.21. The Labute approximate surface area is 130 Å². The summed E-state index contributed by atoms with van der Waals surface area (Å²) in [6, 6.07) is 8.28. The van der Waals surface area contributed by atoms with Gasteiger partial charge in [-0.05, 0) is 24.0 Å². The molecule has 0 saturated heterocycles. The third-order valence-electron chi connectivity index (χ3n) is 3.50. The number of fused-ring (bicyclic) bond motifs is 1. The number of nitrogens with one attached hydrogen (secondary N) is 2. The van der Waals surface area contributed by atoms with Crippen LogP contribution in [0.15, 0.2) is 24.3 Å². The minimum absolute atomic E-state index is 0.0153. The molecule has 1 aliphatic rings. The lowest BCUT2D eigenvalue weighted by Crippen LogP contribution is -2.35. The van der Waals surface area contributed by atoms with Crippen molar-refractivity contribution in [1.29, 1.82) is 0 Å².